The van der Waals surface area contributed by atoms with Crippen molar-refractivity contribution in [1.29, 1.82) is 0 Å². The Morgan fingerprint density at radius 2 is 1.97 bits per heavy atom. The van der Waals surface area contributed by atoms with E-state index in [4.69, 9.17) is 4.42 Å². The van der Waals surface area contributed by atoms with E-state index in [1.54, 1.807) is 53.3 Å². The van der Waals surface area contributed by atoms with Crippen LogP contribution in [-0.2, 0) is 16.4 Å². The highest BCUT2D eigenvalue weighted by molar-refractivity contribution is 7.99. The summed E-state index contributed by atoms with van der Waals surface area (Å²) in [5.41, 5.74) is 1.19. The SMILES string of the molecule is CC(C)Sc1cccc(C(=O)N(Cc2ccco2)c2nc3ccc(S(C)(=O)=O)cc3s2)c1. The third kappa shape index (κ3) is 5.06. The second-order valence-electron chi connectivity index (χ2n) is 7.56. The van der Waals surface area contributed by atoms with E-state index < -0.39 is 9.84 Å². The molecule has 0 bridgehead atoms. The van der Waals surface area contributed by atoms with Crippen molar-refractivity contribution in [1.82, 2.24) is 4.98 Å². The van der Waals surface area contributed by atoms with Crippen LogP contribution in [0.1, 0.15) is 30.0 Å². The summed E-state index contributed by atoms with van der Waals surface area (Å²) in [5.74, 6) is 0.428. The molecule has 6 nitrogen and oxygen atoms in total. The lowest BCUT2D eigenvalue weighted by Crippen LogP contribution is -2.30. The zero-order chi connectivity index (χ0) is 22.9. The number of benzene rings is 2. The largest absolute Gasteiger partial charge is 0.467 e. The van der Waals surface area contributed by atoms with Gasteiger partial charge in [0.15, 0.2) is 15.0 Å². The molecule has 0 saturated heterocycles. The van der Waals surface area contributed by atoms with Gasteiger partial charge in [-0.05, 0) is 48.5 Å². The quantitative estimate of drug-likeness (QED) is 0.315. The van der Waals surface area contributed by atoms with Crippen molar-refractivity contribution in [3.05, 3.63) is 72.2 Å². The predicted octanol–water partition coefficient (Wildman–Crippen LogP) is 5.64. The number of rotatable bonds is 7. The van der Waals surface area contributed by atoms with Crippen LogP contribution in [0.25, 0.3) is 10.2 Å². The Morgan fingerprint density at radius 3 is 2.66 bits per heavy atom. The van der Waals surface area contributed by atoms with Crippen molar-refractivity contribution < 1.29 is 17.6 Å². The molecule has 2 heterocycles. The van der Waals surface area contributed by atoms with Crippen molar-refractivity contribution in [2.75, 3.05) is 11.2 Å². The van der Waals surface area contributed by atoms with Gasteiger partial charge < -0.3 is 4.42 Å². The molecule has 0 fully saturated rings. The van der Waals surface area contributed by atoms with Crippen LogP contribution in [0.4, 0.5) is 5.13 Å². The highest BCUT2D eigenvalue weighted by Crippen LogP contribution is 2.33. The molecule has 2 aromatic heterocycles. The number of hydrogen-bond acceptors (Lipinski definition) is 7. The molecule has 0 aliphatic carbocycles. The lowest BCUT2D eigenvalue weighted by molar-refractivity contribution is 0.0983. The Hall–Kier alpha value is -2.62. The second kappa shape index (κ2) is 9.09. The van der Waals surface area contributed by atoms with Gasteiger partial charge in [0.1, 0.15) is 5.76 Å². The van der Waals surface area contributed by atoms with Crippen molar-refractivity contribution in [2.45, 2.75) is 35.4 Å². The van der Waals surface area contributed by atoms with Crippen molar-refractivity contribution in [2.24, 2.45) is 0 Å². The number of thioether (sulfide) groups is 1. The number of thiazole rings is 1. The van der Waals surface area contributed by atoms with Gasteiger partial charge in [-0.15, -0.1) is 11.8 Å². The predicted molar refractivity (Wildman–Crippen MR) is 129 cm³/mol. The average molecular weight is 487 g/mol. The molecule has 0 unspecified atom stereocenters. The van der Waals surface area contributed by atoms with Crippen LogP contribution in [0.2, 0.25) is 0 Å². The molecule has 0 radical (unpaired) electrons. The van der Waals surface area contributed by atoms with Crippen molar-refractivity contribution in [3.63, 3.8) is 0 Å². The summed E-state index contributed by atoms with van der Waals surface area (Å²) in [6.07, 6.45) is 2.74. The topological polar surface area (TPSA) is 80.5 Å². The molecular formula is C23H22N2O4S3. The van der Waals surface area contributed by atoms with E-state index in [1.165, 1.54) is 23.7 Å². The summed E-state index contributed by atoms with van der Waals surface area (Å²) >= 11 is 2.97. The van der Waals surface area contributed by atoms with Gasteiger partial charge >= 0.3 is 0 Å². The standard InChI is InChI=1S/C23H22N2O4S3/c1-15(2)30-18-8-4-6-16(12-18)22(26)25(14-17-7-5-11-29-17)23-24-20-10-9-19(32(3,27)28)13-21(20)31-23/h4-13,15H,14H2,1-3H3. The number of hydrogen-bond donors (Lipinski definition) is 0. The highest BCUT2D eigenvalue weighted by Gasteiger charge is 2.23. The molecule has 1 amide bonds. The molecule has 0 N–H and O–H groups in total. The minimum Gasteiger partial charge on any atom is -0.467 e. The molecule has 9 heteroatoms. The molecule has 2 aromatic carbocycles. The van der Waals surface area contributed by atoms with Crippen LogP contribution < -0.4 is 4.90 Å². The summed E-state index contributed by atoms with van der Waals surface area (Å²) in [7, 11) is -3.34. The minimum atomic E-state index is -3.34. The number of amides is 1. The molecule has 166 valence electrons. The van der Waals surface area contributed by atoms with Crippen LogP contribution >= 0.6 is 23.1 Å². The first-order valence-corrected chi connectivity index (χ1v) is 13.5. The van der Waals surface area contributed by atoms with Crippen LogP contribution in [-0.4, -0.2) is 30.8 Å². The fourth-order valence-electron chi connectivity index (χ4n) is 3.15. The van der Waals surface area contributed by atoms with E-state index in [9.17, 15) is 13.2 Å². The summed E-state index contributed by atoms with van der Waals surface area (Å²) in [4.78, 5) is 21.0. The van der Waals surface area contributed by atoms with Crippen molar-refractivity contribution >= 4 is 54.2 Å². The Bertz CT molecular complexity index is 1360. The van der Waals surface area contributed by atoms with Gasteiger partial charge in [0.2, 0.25) is 0 Å². The van der Waals surface area contributed by atoms with E-state index >= 15 is 0 Å². The van der Waals surface area contributed by atoms with Gasteiger partial charge in [-0.2, -0.15) is 0 Å². The Kier molecular flexibility index (Phi) is 6.41. The lowest BCUT2D eigenvalue weighted by atomic mass is 10.2. The Balaban J connectivity index is 1.75. The number of furan rings is 1. The monoisotopic (exact) mass is 486 g/mol. The van der Waals surface area contributed by atoms with E-state index in [-0.39, 0.29) is 17.3 Å². The Morgan fingerprint density at radius 1 is 1.16 bits per heavy atom. The molecule has 0 aliphatic heterocycles. The Labute approximate surface area is 195 Å². The molecule has 0 saturated carbocycles. The summed E-state index contributed by atoms with van der Waals surface area (Å²) in [5, 5.41) is 0.877. The molecule has 0 atom stereocenters. The van der Waals surface area contributed by atoms with Gasteiger partial charge in [0.05, 0.1) is 27.9 Å². The maximum atomic E-state index is 13.6. The number of fused-ring (bicyclic) bond motifs is 1. The summed E-state index contributed by atoms with van der Waals surface area (Å²) in [6.45, 7) is 4.43. The first-order chi connectivity index (χ1) is 15.2. The first-order valence-electron chi connectivity index (χ1n) is 9.92. The number of carbonyl (C=O) groups is 1. The number of anilines is 1. The molecule has 4 aromatic rings. The van der Waals surface area contributed by atoms with Crippen LogP contribution in [0.15, 0.2) is 75.1 Å². The third-order valence-corrected chi connectivity index (χ3v) is 7.75. The van der Waals surface area contributed by atoms with Gasteiger partial charge in [0, 0.05) is 22.0 Å². The molecule has 0 aliphatic rings. The van der Waals surface area contributed by atoms with E-state index in [0.717, 1.165) is 4.90 Å². The molecule has 4 rings (SSSR count). The maximum Gasteiger partial charge on any atom is 0.260 e. The number of nitrogens with zero attached hydrogens (tertiary/aromatic N) is 2. The molecule has 32 heavy (non-hydrogen) atoms. The van der Waals surface area contributed by atoms with Gasteiger partial charge in [0.25, 0.3) is 5.91 Å². The average Bonchev–Trinajstić information content (AvgIpc) is 3.39. The summed E-state index contributed by atoms with van der Waals surface area (Å²) in [6, 6.07) is 15.9. The van der Waals surface area contributed by atoms with Crippen LogP contribution in [0.5, 0.6) is 0 Å². The second-order valence-corrected chi connectivity index (χ2v) is 12.2. The maximum absolute atomic E-state index is 13.6. The van der Waals surface area contributed by atoms with Crippen LogP contribution in [0.3, 0.4) is 0 Å². The zero-order valence-electron chi connectivity index (χ0n) is 17.8. The van der Waals surface area contributed by atoms with Gasteiger partial charge in [-0.1, -0.05) is 31.3 Å². The number of carbonyl (C=O) groups excluding carboxylic acids is 1. The molecular weight excluding hydrogens is 464 g/mol. The first kappa shape index (κ1) is 22.6. The normalized spacial score (nSPS) is 11.9. The van der Waals surface area contributed by atoms with Crippen LogP contribution in [0, 0.1) is 0 Å². The van der Waals surface area contributed by atoms with Gasteiger partial charge in [-0.3, -0.25) is 9.69 Å². The lowest BCUT2D eigenvalue weighted by Gasteiger charge is -2.19. The zero-order valence-corrected chi connectivity index (χ0v) is 20.3. The van der Waals surface area contributed by atoms with E-state index in [2.05, 4.69) is 18.8 Å². The van der Waals surface area contributed by atoms with E-state index in [1.807, 2.05) is 18.2 Å². The van der Waals surface area contributed by atoms with Crippen molar-refractivity contribution in [3.8, 4) is 0 Å². The smallest absolute Gasteiger partial charge is 0.260 e. The minimum absolute atomic E-state index is 0.199. The van der Waals surface area contributed by atoms with E-state index in [0.29, 0.717) is 31.9 Å². The number of sulfone groups is 1. The van der Waals surface area contributed by atoms with Gasteiger partial charge in [-0.25, -0.2) is 13.4 Å². The highest BCUT2D eigenvalue weighted by atomic mass is 32.2. The summed E-state index contributed by atoms with van der Waals surface area (Å²) < 4.78 is 30.1. The fraction of sp³-hybridized carbons (Fsp3) is 0.217. The fourth-order valence-corrected chi connectivity index (χ4v) is 5.77. The third-order valence-electron chi connectivity index (χ3n) is 4.60. The molecule has 0 spiro atoms. The number of aromatic nitrogens is 1.